The lowest BCUT2D eigenvalue weighted by Crippen LogP contribution is -2.34. The number of benzene rings is 2. The van der Waals surface area contributed by atoms with Gasteiger partial charge >= 0.3 is 11.8 Å². The molecule has 0 unspecified atom stereocenters. The SMILES string of the molecule is COc1ccc(CNC(=O)C(=O)Nc2ccc(OC)c(Cl)c2)cc1. The van der Waals surface area contributed by atoms with E-state index < -0.39 is 11.8 Å². The van der Waals surface area contributed by atoms with Gasteiger partial charge in [0, 0.05) is 12.2 Å². The minimum Gasteiger partial charge on any atom is -0.497 e. The van der Waals surface area contributed by atoms with Crippen LogP contribution >= 0.6 is 11.6 Å². The summed E-state index contributed by atoms with van der Waals surface area (Å²) >= 11 is 5.97. The van der Waals surface area contributed by atoms with Crippen LogP contribution in [0.25, 0.3) is 0 Å². The third-order valence-corrected chi connectivity index (χ3v) is 3.52. The minimum absolute atomic E-state index is 0.236. The highest BCUT2D eigenvalue weighted by atomic mass is 35.5. The van der Waals surface area contributed by atoms with Crippen molar-refractivity contribution in [3.05, 3.63) is 53.1 Å². The lowest BCUT2D eigenvalue weighted by Gasteiger charge is -2.09. The molecule has 2 amide bonds. The van der Waals surface area contributed by atoms with Crippen molar-refractivity contribution in [3.63, 3.8) is 0 Å². The first-order valence-corrected chi connectivity index (χ1v) is 7.47. The van der Waals surface area contributed by atoms with Gasteiger partial charge in [-0.1, -0.05) is 23.7 Å². The Morgan fingerprint density at radius 3 is 2.29 bits per heavy atom. The topological polar surface area (TPSA) is 76.7 Å². The van der Waals surface area contributed by atoms with Crippen molar-refractivity contribution in [2.75, 3.05) is 19.5 Å². The van der Waals surface area contributed by atoms with Crippen LogP contribution in [0.3, 0.4) is 0 Å². The third kappa shape index (κ3) is 4.63. The third-order valence-electron chi connectivity index (χ3n) is 3.23. The van der Waals surface area contributed by atoms with E-state index in [1.165, 1.54) is 13.2 Å². The fourth-order valence-corrected chi connectivity index (χ4v) is 2.20. The number of methoxy groups -OCH3 is 2. The molecule has 0 bridgehead atoms. The molecule has 0 aliphatic rings. The molecule has 0 heterocycles. The summed E-state index contributed by atoms with van der Waals surface area (Å²) in [5.41, 5.74) is 1.26. The van der Waals surface area contributed by atoms with Crippen LogP contribution in [0.4, 0.5) is 5.69 Å². The van der Waals surface area contributed by atoms with Gasteiger partial charge in [0.05, 0.1) is 19.2 Å². The van der Waals surface area contributed by atoms with Crippen molar-refractivity contribution in [1.82, 2.24) is 5.32 Å². The fourth-order valence-electron chi connectivity index (χ4n) is 1.94. The van der Waals surface area contributed by atoms with Crippen LogP contribution in [0.15, 0.2) is 42.5 Å². The summed E-state index contributed by atoms with van der Waals surface area (Å²) in [5, 5.41) is 5.36. The molecule has 2 N–H and O–H groups in total. The number of hydrogen-bond acceptors (Lipinski definition) is 4. The average molecular weight is 349 g/mol. The van der Waals surface area contributed by atoms with Gasteiger partial charge < -0.3 is 20.1 Å². The highest BCUT2D eigenvalue weighted by Gasteiger charge is 2.14. The molecule has 2 aromatic carbocycles. The Hall–Kier alpha value is -2.73. The molecule has 2 rings (SSSR count). The molecule has 0 atom stereocenters. The first-order valence-electron chi connectivity index (χ1n) is 7.09. The van der Waals surface area contributed by atoms with Crippen LogP contribution < -0.4 is 20.1 Å². The van der Waals surface area contributed by atoms with Gasteiger partial charge in [-0.05, 0) is 35.9 Å². The lowest BCUT2D eigenvalue weighted by molar-refractivity contribution is -0.136. The highest BCUT2D eigenvalue weighted by Crippen LogP contribution is 2.27. The number of hydrogen-bond donors (Lipinski definition) is 2. The predicted octanol–water partition coefficient (Wildman–Crippen LogP) is 2.61. The van der Waals surface area contributed by atoms with Crippen molar-refractivity contribution >= 4 is 29.1 Å². The number of carbonyl (C=O) groups excluding carboxylic acids is 2. The van der Waals surface area contributed by atoms with Gasteiger partial charge in [-0.3, -0.25) is 9.59 Å². The average Bonchev–Trinajstić information content (AvgIpc) is 2.60. The zero-order chi connectivity index (χ0) is 17.5. The second-order valence-electron chi connectivity index (χ2n) is 4.83. The Kier molecular flexibility index (Phi) is 6.03. The molecule has 24 heavy (non-hydrogen) atoms. The molecule has 0 aliphatic heterocycles. The van der Waals surface area contributed by atoms with Gasteiger partial charge in [0.15, 0.2) is 0 Å². The van der Waals surface area contributed by atoms with Gasteiger partial charge in [0.25, 0.3) is 0 Å². The maximum atomic E-state index is 11.9. The second-order valence-corrected chi connectivity index (χ2v) is 5.24. The summed E-state index contributed by atoms with van der Waals surface area (Å²) in [6.45, 7) is 0.236. The number of amides is 2. The van der Waals surface area contributed by atoms with Crippen molar-refractivity contribution < 1.29 is 19.1 Å². The number of halogens is 1. The highest BCUT2D eigenvalue weighted by molar-refractivity contribution is 6.39. The Bertz CT molecular complexity index is 732. The van der Waals surface area contributed by atoms with E-state index in [1.54, 1.807) is 43.5 Å². The van der Waals surface area contributed by atoms with Crippen molar-refractivity contribution in [3.8, 4) is 11.5 Å². The molecule has 2 aromatic rings. The molecule has 0 aliphatic carbocycles. The summed E-state index contributed by atoms with van der Waals surface area (Å²) in [7, 11) is 3.07. The van der Waals surface area contributed by atoms with Crippen molar-refractivity contribution in [2.45, 2.75) is 6.54 Å². The second kappa shape index (κ2) is 8.21. The Morgan fingerprint density at radius 1 is 1.00 bits per heavy atom. The van der Waals surface area contributed by atoms with Crippen LogP contribution in [0, 0.1) is 0 Å². The molecule has 7 heteroatoms. The van der Waals surface area contributed by atoms with Gasteiger partial charge in [-0.25, -0.2) is 0 Å². The molecule has 0 spiro atoms. The summed E-state index contributed by atoms with van der Waals surface area (Å²) in [6, 6.07) is 11.9. The van der Waals surface area contributed by atoms with Gasteiger partial charge in [-0.2, -0.15) is 0 Å². The summed E-state index contributed by atoms with van der Waals surface area (Å²) < 4.78 is 10.1. The first kappa shape index (κ1) is 17.6. The number of ether oxygens (including phenoxy) is 2. The van der Waals surface area contributed by atoms with E-state index in [0.717, 1.165) is 11.3 Å². The van der Waals surface area contributed by atoms with E-state index in [4.69, 9.17) is 21.1 Å². The van der Waals surface area contributed by atoms with E-state index >= 15 is 0 Å². The normalized spacial score (nSPS) is 9.96. The zero-order valence-electron chi connectivity index (χ0n) is 13.3. The van der Waals surface area contributed by atoms with E-state index in [1.807, 2.05) is 0 Å². The molecule has 0 saturated carbocycles. The molecule has 126 valence electrons. The standard InChI is InChI=1S/C17H17ClN2O4/c1-23-13-6-3-11(4-7-13)10-19-16(21)17(22)20-12-5-8-15(24-2)14(18)9-12/h3-9H,10H2,1-2H3,(H,19,21)(H,20,22). The van der Waals surface area contributed by atoms with E-state index in [-0.39, 0.29) is 6.54 Å². The molecular weight excluding hydrogens is 332 g/mol. The maximum absolute atomic E-state index is 11.9. The maximum Gasteiger partial charge on any atom is 0.313 e. The quantitative estimate of drug-likeness (QED) is 0.814. The summed E-state index contributed by atoms with van der Waals surface area (Å²) in [5.74, 6) is -0.305. The van der Waals surface area contributed by atoms with Crippen LogP contribution in [0.5, 0.6) is 11.5 Å². The van der Waals surface area contributed by atoms with Crippen LogP contribution in [-0.4, -0.2) is 26.0 Å². The first-order chi connectivity index (χ1) is 11.5. The minimum atomic E-state index is -0.773. The van der Waals surface area contributed by atoms with Crippen LogP contribution in [0.2, 0.25) is 5.02 Å². The van der Waals surface area contributed by atoms with Gasteiger partial charge in [0.2, 0.25) is 0 Å². The van der Waals surface area contributed by atoms with Crippen molar-refractivity contribution in [2.24, 2.45) is 0 Å². The van der Waals surface area contributed by atoms with Crippen molar-refractivity contribution in [1.29, 1.82) is 0 Å². The Morgan fingerprint density at radius 2 is 1.71 bits per heavy atom. The molecule has 6 nitrogen and oxygen atoms in total. The number of carbonyl (C=O) groups is 2. The van der Waals surface area contributed by atoms with Gasteiger partial charge in [-0.15, -0.1) is 0 Å². The summed E-state index contributed by atoms with van der Waals surface area (Å²) in [4.78, 5) is 23.7. The monoisotopic (exact) mass is 348 g/mol. The van der Waals surface area contributed by atoms with E-state index in [9.17, 15) is 9.59 Å². The zero-order valence-corrected chi connectivity index (χ0v) is 14.0. The van der Waals surface area contributed by atoms with E-state index in [0.29, 0.717) is 16.5 Å². The largest absolute Gasteiger partial charge is 0.497 e. The van der Waals surface area contributed by atoms with E-state index in [2.05, 4.69) is 10.6 Å². The lowest BCUT2D eigenvalue weighted by atomic mass is 10.2. The fraction of sp³-hybridized carbons (Fsp3) is 0.176. The van der Waals surface area contributed by atoms with Gasteiger partial charge in [0.1, 0.15) is 11.5 Å². The number of rotatable bonds is 5. The molecule has 0 fully saturated rings. The number of anilines is 1. The molecule has 0 aromatic heterocycles. The Labute approximate surface area is 144 Å². The van der Waals surface area contributed by atoms with Crippen LogP contribution in [-0.2, 0) is 16.1 Å². The smallest absolute Gasteiger partial charge is 0.313 e. The Balaban J connectivity index is 1.89. The predicted molar refractivity (Wildman–Crippen MR) is 91.5 cm³/mol. The molecular formula is C17H17ClN2O4. The summed E-state index contributed by atoms with van der Waals surface area (Å²) in [6.07, 6.45) is 0. The number of nitrogens with one attached hydrogen (secondary N) is 2. The van der Waals surface area contributed by atoms with Crippen LogP contribution in [0.1, 0.15) is 5.56 Å². The molecule has 0 radical (unpaired) electrons. The molecule has 0 saturated heterocycles.